The molecule has 1 amide bonds. The highest BCUT2D eigenvalue weighted by atomic mass is 35.5. The van der Waals surface area contributed by atoms with Gasteiger partial charge in [-0.25, -0.2) is 22.7 Å². The van der Waals surface area contributed by atoms with Crippen LogP contribution in [0, 0.1) is 0 Å². The molecule has 0 spiro atoms. The Bertz CT molecular complexity index is 1590. The van der Waals surface area contributed by atoms with E-state index < -0.39 is 22.8 Å². The third-order valence-corrected chi connectivity index (χ3v) is 7.41. The van der Waals surface area contributed by atoms with Crippen LogP contribution in [-0.2, 0) is 15.7 Å². The highest BCUT2D eigenvalue weighted by Crippen LogP contribution is 2.37. The molecule has 1 atom stereocenters. The van der Waals surface area contributed by atoms with Crippen molar-refractivity contribution in [2.24, 2.45) is 5.73 Å². The number of carbonyl (C=O) groups is 1. The predicted octanol–water partition coefficient (Wildman–Crippen LogP) is 4.15. The minimum Gasteiger partial charge on any atom is -0.497 e. The van der Waals surface area contributed by atoms with Crippen LogP contribution in [-0.4, -0.2) is 44.0 Å². The minimum atomic E-state index is -3.20. The van der Waals surface area contributed by atoms with Crippen molar-refractivity contribution in [1.82, 2.24) is 9.97 Å². The van der Waals surface area contributed by atoms with E-state index >= 15 is 0 Å². The topological polar surface area (TPSA) is 131 Å². The molecule has 12 heteroatoms. The number of ether oxygens (including phenoxy) is 1. The molecule has 1 fully saturated rings. The number of amides is 1. The summed E-state index contributed by atoms with van der Waals surface area (Å²) in [6, 6.07) is 18.7. The van der Waals surface area contributed by atoms with Gasteiger partial charge in [0.15, 0.2) is 11.6 Å². The summed E-state index contributed by atoms with van der Waals surface area (Å²) in [5.41, 5.74) is 8.16. The lowest BCUT2D eigenvalue weighted by molar-refractivity contribution is -0.119. The number of fused-ring (bicyclic) bond motifs is 1. The summed E-state index contributed by atoms with van der Waals surface area (Å²) < 4.78 is 31.9. The highest BCUT2D eigenvalue weighted by molar-refractivity contribution is 7.74. The second kappa shape index (κ2) is 10.7. The lowest BCUT2D eigenvalue weighted by atomic mass is 10.2. The Labute approximate surface area is 226 Å². The number of nitrogens with two attached hydrogens (primary N) is 1. The van der Waals surface area contributed by atoms with Crippen molar-refractivity contribution in [3.8, 4) is 5.75 Å². The molecule has 0 unspecified atom stereocenters. The van der Waals surface area contributed by atoms with Gasteiger partial charge in [0, 0.05) is 18.3 Å². The summed E-state index contributed by atoms with van der Waals surface area (Å²) >= 11 is 6.42. The average molecular weight is 553 g/mol. The van der Waals surface area contributed by atoms with Gasteiger partial charge >= 0.3 is 0 Å². The first kappa shape index (κ1) is 25.6. The smallest absolute Gasteiger partial charge is 0.240 e. The van der Waals surface area contributed by atoms with E-state index in [1.54, 1.807) is 54.6 Å². The molecule has 10 nitrogen and oxygen atoms in total. The van der Waals surface area contributed by atoms with Gasteiger partial charge in [-0.2, -0.15) is 0 Å². The van der Waals surface area contributed by atoms with Crippen LogP contribution in [0.4, 0.5) is 28.7 Å². The molecule has 0 saturated carbocycles. The second-order valence-corrected chi connectivity index (χ2v) is 9.96. The lowest BCUT2D eigenvalue weighted by Crippen LogP contribution is -2.40. The van der Waals surface area contributed by atoms with Gasteiger partial charge in [-0.15, -0.1) is 0 Å². The van der Waals surface area contributed by atoms with Crippen LogP contribution in [0.25, 0.3) is 11.0 Å². The van der Waals surface area contributed by atoms with Crippen LogP contribution in [0.15, 0.2) is 66.7 Å². The zero-order chi connectivity index (χ0) is 26.8. The average Bonchev–Trinajstić information content (AvgIpc) is 3.41. The van der Waals surface area contributed by atoms with Crippen LogP contribution in [0.5, 0.6) is 5.75 Å². The Balaban J connectivity index is 1.64. The largest absolute Gasteiger partial charge is 0.497 e. The van der Waals surface area contributed by atoms with Gasteiger partial charge in [0.25, 0.3) is 0 Å². The number of carbonyl (C=O) groups excluding carboxylic acids is 1. The van der Waals surface area contributed by atoms with E-state index in [2.05, 4.69) is 15.3 Å². The summed E-state index contributed by atoms with van der Waals surface area (Å²) in [6.07, 6.45) is 1.45. The van der Waals surface area contributed by atoms with E-state index in [9.17, 15) is 13.2 Å². The Kier molecular flexibility index (Phi) is 7.21. The van der Waals surface area contributed by atoms with Crippen molar-refractivity contribution in [3.05, 3.63) is 71.8 Å². The Morgan fingerprint density at radius 3 is 2.58 bits per heavy atom. The van der Waals surface area contributed by atoms with Gasteiger partial charge in [0.2, 0.25) is 16.8 Å². The number of halogens is 1. The first-order valence-corrected chi connectivity index (χ1v) is 13.3. The first-order chi connectivity index (χ1) is 18.4. The number of nitrogens with one attached hydrogen (secondary N) is 1. The summed E-state index contributed by atoms with van der Waals surface area (Å²) in [7, 11) is -1.67. The maximum Gasteiger partial charge on any atom is 0.240 e. The summed E-state index contributed by atoms with van der Waals surface area (Å²) in [6.45, 7) is 0.636. The summed E-state index contributed by atoms with van der Waals surface area (Å²) in [5.74, 6) is 0.381. The van der Waals surface area contributed by atoms with Crippen molar-refractivity contribution in [2.45, 2.75) is 18.9 Å². The molecule has 3 N–H and O–H groups in total. The van der Waals surface area contributed by atoms with Crippen molar-refractivity contribution in [3.63, 3.8) is 0 Å². The van der Waals surface area contributed by atoms with Gasteiger partial charge < -0.3 is 20.7 Å². The maximum atomic E-state index is 12.7. The van der Waals surface area contributed by atoms with E-state index in [0.29, 0.717) is 51.8 Å². The molecule has 38 heavy (non-hydrogen) atoms. The molecule has 0 radical (unpaired) electrons. The molecule has 3 aromatic carbocycles. The zero-order valence-corrected chi connectivity index (χ0v) is 22.0. The van der Waals surface area contributed by atoms with Gasteiger partial charge in [0.1, 0.15) is 11.8 Å². The molecule has 5 rings (SSSR count). The fourth-order valence-corrected chi connectivity index (χ4v) is 5.32. The van der Waals surface area contributed by atoms with Crippen molar-refractivity contribution in [2.75, 3.05) is 28.2 Å². The Hall–Kier alpha value is -4.09. The van der Waals surface area contributed by atoms with Gasteiger partial charge in [-0.1, -0.05) is 29.8 Å². The first-order valence-electron chi connectivity index (χ1n) is 11.8. The van der Waals surface area contributed by atoms with Gasteiger partial charge in [0.05, 0.1) is 34.5 Å². The number of benzene rings is 3. The zero-order valence-electron chi connectivity index (χ0n) is 20.4. The van der Waals surface area contributed by atoms with Crippen LogP contribution >= 0.6 is 11.6 Å². The van der Waals surface area contributed by atoms with Crippen molar-refractivity contribution < 1.29 is 17.9 Å². The molecule has 1 aliphatic heterocycles. The number of anilines is 5. The number of hydrogen-bond donors (Lipinski definition) is 3. The molecule has 4 aromatic rings. The molecule has 1 saturated heterocycles. The Morgan fingerprint density at radius 2 is 1.87 bits per heavy atom. The van der Waals surface area contributed by atoms with E-state index in [1.165, 1.54) is 7.11 Å². The molecular weight excluding hydrogens is 528 g/mol. The quantitative estimate of drug-likeness (QED) is 0.278. The van der Waals surface area contributed by atoms with E-state index in [1.807, 2.05) is 17.0 Å². The normalized spacial score (nSPS) is 15.1. The van der Waals surface area contributed by atoms with Crippen molar-refractivity contribution >= 4 is 68.1 Å². The number of methoxy groups -OCH3 is 1. The third-order valence-electron chi connectivity index (χ3n) is 6.33. The molecular formula is C26H25ClN6O4S. The standard InChI is InChI=1S/C26H25ClN6O4S/c1-37-18-11-12-19(27)22(15-18)30-25-26(31-21-9-3-2-8-20(21)29-25)33(38(35)36)17-7-4-6-16(14-17)32-13-5-10-23(32)24(28)34/h2-4,6-9,11-12,14-15,23,38H,5,10,13H2,1H3,(H2,28,34)(H,29,30)/t23-/m0/s1. The number of aromatic nitrogens is 2. The molecule has 1 aliphatic rings. The number of primary amides is 1. The predicted molar refractivity (Wildman–Crippen MR) is 149 cm³/mol. The number of para-hydroxylation sites is 2. The third kappa shape index (κ3) is 5.02. The SMILES string of the molecule is COc1ccc(Cl)c(Nc2nc3ccccc3nc2N(c2cccc(N3CCC[C@H]3C(N)=O)c2)[SH](=O)=O)c1. The van der Waals surface area contributed by atoms with E-state index in [0.717, 1.165) is 10.7 Å². The number of rotatable bonds is 8. The molecule has 0 aliphatic carbocycles. The van der Waals surface area contributed by atoms with Crippen molar-refractivity contribution in [1.29, 1.82) is 0 Å². The molecule has 0 bridgehead atoms. The monoisotopic (exact) mass is 552 g/mol. The fourth-order valence-electron chi connectivity index (χ4n) is 4.55. The van der Waals surface area contributed by atoms with E-state index in [4.69, 9.17) is 22.1 Å². The number of hydrogen-bond acceptors (Lipinski definition) is 8. The number of thiol groups is 1. The highest BCUT2D eigenvalue weighted by Gasteiger charge is 2.30. The fraction of sp³-hybridized carbons (Fsp3) is 0.192. The Morgan fingerprint density at radius 1 is 1.11 bits per heavy atom. The van der Waals surface area contributed by atoms with Crippen LogP contribution in [0.2, 0.25) is 5.02 Å². The number of nitrogens with zero attached hydrogens (tertiary/aromatic N) is 4. The lowest BCUT2D eigenvalue weighted by Gasteiger charge is -2.26. The molecule has 1 aromatic heterocycles. The van der Waals surface area contributed by atoms with E-state index in [-0.39, 0.29) is 11.6 Å². The molecule has 2 heterocycles. The van der Waals surface area contributed by atoms with Crippen LogP contribution in [0.1, 0.15) is 12.8 Å². The van der Waals surface area contributed by atoms with Crippen LogP contribution < -0.4 is 25.0 Å². The summed E-state index contributed by atoms with van der Waals surface area (Å²) in [5, 5.41) is 3.53. The second-order valence-electron chi connectivity index (χ2n) is 8.68. The van der Waals surface area contributed by atoms with Gasteiger partial charge in [-0.3, -0.25) is 4.79 Å². The summed E-state index contributed by atoms with van der Waals surface area (Å²) in [4.78, 5) is 23.2. The minimum absolute atomic E-state index is 0.0590. The van der Waals surface area contributed by atoms with Crippen LogP contribution in [0.3, 0.4) is 0 Å². The maximum absolute atomic E-state index is 12.7. The van der Waals surface area contributed by atoms with Gasteiger partial charge in [-0.05, 0) is 55.3 Å². The molecule has 196 valence electrons.